The number of nitrogens with zero attached hydrogens (tertiary/aromatic N) is 1. The molecule has 2 amide bonds. The van der Waals surface area contributed by atoms with E-state index in [9.17, 15) is 14.4 Å². The maximum absolute atomic E-state index is 12.2. The standard InChI is InChI=1S/C15H21N3O5/c1-9-8-11(12(16-9)15(21)23-3)17-13(19)14(20)18-6-4-10(22-2)5-7-18/h8,10,16H,4-7H2,1-3H3,(H,17,19). The van der Waals surface area contributed by atoms with Gasteiger partial charge in [-0.15, -0.1) is 0 Å². The van der Waals surface area contributed by atoms with Gasteiger partial charge in [0.15, 0.2) is 0 Å². The van der Waals surface area contributed by atoms with Crippen molar-refractivity contribution in [1.82, 2.24) is 9.88 Å². The van der Waals surface area contributed by atoms with Gasteiger partial charge in [0.1, 0.15) is 5.69 Å². The summed E-state index contributed by atoms with van der Waals surface area (Å²) < 4.78 is 9.88. The molecule has 0 aromatic carbocycles. The number of nitrogens with one attached hydrogen (secondary N) is 2. The minimum atomic E-state index is -0.773. The van der Waals surface area contributed by atoms with Gasteiger partial charge < -0.3 is 24.7 Å². The van der Waals surface area contributed by atoms with Gasteiger partial charge in [0, 0.05) is 25.9 Å². The van der Waals surface area contributed by atoms with Gasteiger partial charge in [-0.2, -0.15) is 0 Å². The number of piperidine rings is 1. The molecule has 0 aliphatic carbocycles. The molecule has 0 atom stereocenters. The first-order chi connectivity index (χ1) is 11.0. The van der Waals surface area contributed by atoms with Gasteiger partial charge in [-0.3, -0.25) is 9.59 Å². The number of hydrogen-bond acceptors (Lipinski definition) is 5. The van der Waals surface area contributed by atoms with Crippen LogP contribution in [0, 0.1) is 6.92 Å². The van der Waals surface area contributed by atoms with Crippen molar-refractivity contribution in [3.8, 4) is 0 Å². The van der Waals surface area contributed by atoms with Crippen LogP contribution in [0.15, 0.2) is 6.07 Å². The van der Waals surface area contributed by atoms with Crippen LogP contribution in [-0.2, 0) is 19.1 Å². The summed E-state index contributed by atoms with van der Waals surface area (Å²) in [5, 5.41) is 2.48. The summed E-state index contributed by atoms with van der Waals surface area (Å²) in [7, 11) is 2.88. The van der Waals surface area contributed by atoms with E-state index < -0.39 is 17.8 Å². The number of rotatable bonds is 3. The first-order valence-corrected chi connectivity index (χ1v) is 7.37. The van der Waals surface area contributed by atoms with E-state index in [4.69, 9.17) is 4.74 Å². The summed E-state index contributed by atoms with van der Waals surface area (Å²) in [6.45, 7) is 2.68. The summed E-state index contributed by atoms with van der Waals surface area (Å²) in [6, 6.07) is 1.58. The lowest BCUT2D eigenvalue weighted by molar-refractivity contribution is -0.144. The van der Waals surface area contributed by atoms with Crippen LogP contribution in [0.1, 0.15) is 29.0 Å². The summed E-state index contributed by atoms with van der Waals surface area (Å²) in [5.74, 6) is -2.00. The van der Waals surface area contributed by atoms with Crippen LogP contribution in [0.3, 0.4) is 0 Å². The molecule has 23 heavy (non-hydrogen) atoms. The van der Waals surface area contributed by atoms with Gasteiger partial charge >= 0.3 is 17.8 Å². The maximum atomic E-state index is 12.2. The highest BCUT2D eigenvalue weighted by molar-refractivity contribution is 6.39. The summed E-state index contributed by atoms with van der Waals surface area (Å²) in [6.07, 6.45) is 1.53. The van der Waals surface area contributed by atoms with Gasteiger partial charge in [-0.25, -0.2) is 4.79 Å². The quantitative estimate of drug-likeness (QED) is 0.629. The van der Waals surface area contributed by atoms with E-state index in [2.05, 4.69) is 15.0 Å². The number of carbonyl (C=O) groups is 3. The number of aromatic nitrogens is 1. The first kappa shape index (κ1) is 17.0. The average molecular weight is 323 g/mol. The molecule has 8 heteroatoms. The number of aromatic amines is 1. The highest BCUT2D eigenvalue weighted by Gasteiger charge is 2.28. The Balaban J connectivity index is 2.02. The lowest BCUT2D eigenvalue weighted by Gasteiger charge is -2.30. The number of likely N-dealkylation sites (tertiary alicyclic amines) is 1. The van der Waals surface area contributed by atoms with Crippen molar-refractivity contribution in [3.63, 3.8) is 0 Å². The molecular formula is C15H21N3O5. The number of methoxy groups -OCH3 is 2. The van der Waals surface area contributed by atoms with Crippen LogP contribution in [0.25, 0.3) is 0 Å². The molecule has 1 aliphatic heterocycles. The Labute approximate surface area is 134 Å². The van der Waals surface area contributed by atoms with Crippen LogP contribution in [0.4, 0.5) is 5.69 Å². The van der Waals surface area contributed by atoms with Crippen molar-refractivity contribution < 1.29 is 23.9 Å². The number of anilines is 1. The minimum Gasteiger partial charge on any atom is -0.464 e. The van der Waals surface area contributed by atoms with E-state index in [0.29, 0.717) is 31.6 Å². The molecule has 0 bridgehead atoms. The lowest BCUT2D eigenvalue weighted by atomic mass is 10.1. The minimum absolute atomic E-state index is 0.115. The number of amides is 2. The lowest BCUT2D eigenvalue weighted by Crippen LogP contribution is -2.45. The molecule has 0 saturated carbocycles. The predicted molar refractivity (Wildman–Crippen MR) is 82.1 cm³/mol. The summed E-state index contributed by atoms with van der Waals surface area (Å²) in [4.78, 5) is 40.3. The summed E-state index contributed by atoms with van der Waals surface area (Å²) in [5.41, 5.74) is 1.03. The third kappa shape index (κ3) is 3.89. The molecule has 126 valence electrons. The molecule has 2 rings (SSSR count). The summed E-state index contributed by atoms with van der Waals surface area (Å²) >= 11 is 0. The normalized spacial score (nSPS) is 15.3. The maximum Gasteiger partial charge on any atom is 0.356 e. The Morgan fingerprint density at radius 3 is 2.48 bits per heavy atom. The van der Waals surface area contributed by atoms with Gasteiger partial charge in [0.2, 0.25) is 0 Å². The molecule has 8 nitrogen and oxygen atoms in total. The third-order valence-electron chi connectivity index (χ3n) is 3.85. The van der Waals surface area contributed by atoms with Gasteiger partial charge in [-0.1, -0.05) is 0 Å². The molecule has 1 aromatic rings. The van der Waals surface area contributed by atoms with E-state index in [1.54, 1.807) is 20.1 Å². The average Bonchev–Trinajstić information content (AvgIpc) is 2.93. The van der Waals surface area contributed by atoms with Crippen LogP contribution < -0.4 is 5.32 Å². The second-order valence-corrected chi connectivity index (χ2v) is 5.41. The Morgan fingerprint density at radius 2 is 1.91 bits per heavy atom. The van der Waals surface area contributed by atoms with Gasteiger partial charge in [0.25, 0.3) is 0 Å². The Bertz CT molecular complexity index is 602. The van der Waals surface area contributed by atoms with E-state index in [0.717, 1.165) is 0 Å². The van der Waals surface area contributed by atoms with Gasteiger partial charge in [0.05, 0.1) is 18.9 Å². The fourth-order valence-corrected chi connectivity index (χ4v) is 2.56. The molecule has 2 heterocycles. The monoisotopic (exact) mass is 323 g/mol. The Kier molecular flexibility index (Phi) is 5.38. The number of hydrogen-bond donors (Lipinski definition) is 2. The Morgan fingerprint density at radius 1 is 1.26 bits per heavy atom. The molecule has 0 spiro atoms. The zero-order valence-corrected chi connectivity index (χ0v) is 13.5. The number of aryl methyl sites for hydroxylation is 1. The molecule has 1 aromatic heterocycles. The Hall–Kier alpha value is -2.35. The fourth-order valence-electron chi connectivity index (χ4n) is 2.56. The highest BCUT2D eigenvalue weighted by Crippen LogP contribution is 2.18. The van der Waals surface area contributed by atoms with E-state index in [1.165, 1.54) is 12.0 Å². The molecule has 0 unspecified atom stereocenters. The van der Waals surface area contributed by atoms with Crippen LogP contribution in [-0.4, -0.2) is 61.1 Å². The van der Waals surface area contributed by atoms with E-state index in [-0.39, 0.29) is 17.5 Å². The molecule has 2 N–H and O–H groups in total. The second kappa shape index (κ2) is 7.28. The largest absolute Gasteiger partial charge is 0.464 e. The van der Waals surface area contributed by atoms with Crippen molar-refractivity contribution in [3.05, 3.63) is 17.5 Å². The third-order valence-corrected chi connectivity index (χ3v) is 3.85. The van der Waals surface area contributed by atoms with Crippen molar-refractivity contribution in [2.75, 3.05) is 32.6 Å². The van der Waals surface area contributed by atoms with Crippen LogP contribution in [0.2, 0.25) is 0 Å². The second-order valence-electron chi connectivity index (χ2n) is 5.41. The fraction of sp³-hybridized carbons (Fsp3) is 0.533. The smallest absolute Gasteiger partial charge is 0.356 e. The molecular weight excluding hydrogens is 302 g/mol. The first-order valence-electron chi connectivity index (χ1n) is 7.37. The molecule has 1 fully saturated rings. The molecule has 1 aliphatic rings. The van der Waals surface area contributed by atoms with Crippen LogP contribution >= 0.6 is 0 Å². The van der Waals surface area contributed by atoms with Crippen LogP contribution in [0.5, 0.6) is 0 Å². The van der Waals surface area contributed by atoms with Crippen molar-refractivity contribution in [2.24, 2.45) is 0 Å². The zero-order valence-electron chi connectivity index (χ0n) is 13.5. The zero-order chi connectivity index (χ0) is 17.0. The molecule has 0 radical (unpaired) electrons. The van der Waals surface area contributed by atoms with Crippen molar-refractivity contribution in [2.45, 2.75) is 25.9 Å². The van der Waals surface area contributed by atoms with Gasteiger partial charge in [-0.05, 0) is 25.8 Å². The predicted octanol–water partition coefficient (Wildman–Crippen LogP) is 0.686. The molecule has 1 saturated heterocycles. The number of H-pyrrole nitrogens is 1. The number of carbonyl (C=O) groups excluding carboxylic acids is 3. The topological polar surface area (TPSA) is 101 Å². The number of ether oxygens (including phenoxy) is 2. The van der Waals surface area contributed by atoms with E-state index in [1.807, 2.05) is 0 Å². The SMILES string of the molecule is COC(=O)c1[nH]c(C)cc1NC(=O)C(=O)N1CCC(OC)CC1. The van der Waals surface area contributed by atoms with Crippen molar-refractivity contribution >= 4 is 23.5 Å². The number of esters is 1. The van der Waals surface area contributed by atoms with E-state index >= 15 is 0 Å². The van der Waals surface area contributed by atoms with Crippen molar-refractivity contribution in [1.29, 1.82) is 0 Å². The highest BCUT2D eigenvalue weighted by atomic mass is 16.5.